The minimum absolute atomic E-state index is 0.0318. The van der Waals surface area contributed by atoms with Crippen LogP contribution in [0.5, 0.6) is 0 Å². The van der Waals surface area contributed by atoms with E-state index in [-0.39, 0.29) is 11.6 Å². The predicted molar refractivity (Wildman–Crippen MR) is 69.1 cm³/mol. The molecule has 6 heteroatoms. The van der Waals surface area contributed by atoms with Gasteiger partial charge in [0.05, 0.1) is 16.6 Å². The van der Waals surface area contributed by atoms with Crippen LogP contribution in [0.2, 0.25) is 0 Å². The van der Waals surface area contributed by atoms with E-state index in [0.29, 0.717) is 5.52 Å². The maximum absolute atomic E-state index is 10.9. The number of hydrogen-bond donors (Lipinski definition) is 2. The summed E-state index contributed by atoms with van der Waals surface area (Å²) < 4.78 is 1.79. The minimum atomic E-state index is -0.946. The first-order chi connectivity index (χ1) is 9.15. The first-order valence-corrected chi connectivity index (χ1v) is 5.87. The predicted octanol–water partition coefficient (Wildman–Crippen LogP) is 2.07. The van der Waals surface area contributed by atoms with E-state index in [1.165, 1.54) is 0 Å². The normalized spacial score (nSPS) is 12.7. The molecule has 0 saturated carbocycles. The van der Waals surface area contributed by atoms with Crippen LogP contribution in [0, 0.1) is 0 Å². The SMILES string of the molecule is CC(c1nc2ccc(C(=O)O)cc2[nH]1)n1cccn1. The van der Waals surface area contributed by atoms with Gasteiger partial charge in [-0.15, -0.1) is 0 Å². The molecule has 96 valence electrons. The van der Waals surface area contributed by atoms with Gasteiger partial charge in [0.15, 0.2) is 0 Å². The van der Waals surface area contributed by atoms with Crippen molar-refractivity contribution < 1.29 is 9.90 Å². The number of imidazole rings is 1. The summed E-state index contributed by atoms with van der Waals surface area (Å²) in [7, 11) is 0. The van der Waals surface area contributed by atoms with Gasteiger partial charge in [0.25, 0.3) is 0 Å². The third-order valence-corrected chi connectivity index (χ3v) is 3.06. The fourth-order valence-corrected chi connectivity index (χ4v) is 2.00. The van der Waals surface area contributed by atoms with Crippen molar-refractivity contribution in [1.82, 2.24) is 19.7 Å². The molecule has 0 radical (unpaired) electrons. The summed E-state index contributed by atoms with van der Waals surface area (Å²) >= 11 is 0. The summed E-state index contributed by atoms with van der Waals surface area (Å²) in [6.07, 6.45) is 3.57. The van der Waals surface area contributed by atoms with Crippen molar-refractivity contribution in [3.05, 3.63) is 48.0 Å². The van der Waals surface area contributed by atoms with Crippen molar-refractivity contribution >= 4 is 17.0 Å². The van der Waals surface area contributed by atoms with E-state index in [0.717, 1.165) is 11.3 Å². The minimum Gasteiger partial charge on any atom is -0.478 e. The Balaban J connectivity index is 2.04. The number of rotatable bonds is 3. The van der Waals surface area contributed by atoms with Crippen LogP contribution in [0.15, 0.2) is 36.7 Å². The average Bonchev–Trinajstić information content (AvgIpc) is 3.06. The van der Waals surface area contributed by atoms with Gasteiger partial charge in [0, 0.05) is 12.4 Å². The molecule has 3 rings (SSSR count). The lowest BCUT2D eigenvalue weighted by molar-refractivity contribution is 0.0697. The lowest BCUT2D eigenvalue weighted by Crippen LogP contribution is -2.08. The van der Waals surface area contributed by atoms with Gasteiger partial charge >= 0.3 is 5.97 Å². The zero-order valence-corrected chi connectivity index (χ0v) is 10.2. The number of carbonyl (C=O) groups is 1. The van der Waals surface area contributed by atoms with E-state index in [9.17, 15) is 4.79 Å². The lowest BCUT2D eigenvalue weighted by atomic mass is 10.2. The van der Waals surface area contributed by atoms with E-state index in [1.807, 2.05) is 19.2 Å². The van der Waals surface area contributed by atoms with Gasteiger partial charge in [0.1, 0.15) is 11.9 Å². The number of nitrogens with one attached hydrogen (secondary N) is 1. The zero-order valence-electron chi connectivity index (χ0n) is 10.2. The number of carboxylic acids is 1. The molecule has 3 aromatic rings. The monoisotopic (exact) mass is 256 g/mol. The Hall–Kier alpha value is -2.63. The summed E-state index contributed by atoms with van der Waals surface area (Å²) in [6.45, 7) is 1.98. The molecule has 0 aliphatic carbocycles. The Kier molecular flexibility index (Phi) is 2.56. The molecular weight excluding hydrogens is 244 g/mol. The number of benzene rings is 1. The van der Waals surface area contributed by atoms with Crippen LogP contribution in [-0.4, -0.2) is 30.8 Å². The lowest BCUT2D eigenvalue weighted by Gasteiger charge is -2.08. The molecule has 0 aliphatic rings. The van der Waals surface area contributed by atoms with E-state index < -0.39 is 5.97 Å². The first kappa shape index (κ1) is 11.5. The van der Waals surface area contributed by atoms with Gasteiger partial charge in [-0.1, -0.05) is 0 Å². The molecule has 1 aromatic carbocycles. The van der Waals surface area contributed by atoms with Crippen molar-refractivity contribution in [3.8, 4) is 0 Å². The quantitative estimate of drug-likeness (QED) is 0.751. The number of hydrogen-bond acceptors (Lipinski definition) is 3. The number of carboxylic acid groups (broad SMARTS) is 1. The number of aromatic nitrogens is 4. The van der Waals surface area contributed by atoms with Crippen molar-refractivity contribution in [2.24, 2.45) is 0 Å². The highest BCUT2D eigenvalue weighted by Crippen LogP contribution is 2.19. The molecule has 0 bridgehead atoms. The molecule has 19 heavy (non-hydrogen) atoms. The van der Waals surface area contributed by atoms with Crippen molar-refractivity contribution in [1.29, 1.82) is 0 Å². The highest BCUT2D eigenvalue weighted by atomic mass is 16.4. The highest BCUT2D eigenvalue weighted by Gasteiger charge is 2.13. The summed E-state index contributed by atoms with van der Waals surface area (Å²) in [6, 6.07) is 6.66. The molecule has 0 amide bonds. The van der Waals surface area contributed by atoms with E-state index in [4.69, 9.17) is 5.11 Å². The van der Waals surface area contributed by atoms with Crippen LogP contribution in [-0.2, 0) is 0 Å². The summed E-state index contributed by atoms with van der Waals surface area (Å²) in [5.74, 6) is -0.195. The molecule has 2 N–H and O–H groups in total. The van der Waals surface area contributed by atoms with Gasteiger partial charge < -0.3 is 10.1 Å². The van der Waals surface area contributed by atoms with Crippen molar-refractivity contribution in [2.75, 3.05) is 0 Å². The molecule has 1 atom stereocenters. The fourth-order valence-electron chi connectivity index (χ4n) is 2.00. The first-order valence-electron chi connectivity index (χ1n) is 5.87. The van der Waals surface area contributed by atoms with Crippen LogP contribution in [0.25, 0.3) is 11.0 Å². The standard InChI is InChI=1S/C13H12N4O2/c1-8(17-6-2-5-14-17)12-15-10-4-3-9(13(18)19)7-11(10)16-12/h2-8H,1H3,(H,15,16)(H,18,19). The second-order valence-electron chi connectivity index (χ2n) is 4.32. The van der Waals surface area contributed by atoms with E-state index in [1.54, 1.807) is 29.1 Å². The third-order valence-electron chi connectivity index (χ3n) is 3.06. The third kappa shape index (κ3) is 1.97. The van der Waals surface area contributed by atoms with Crippen LogP contribution < -0.4 is 0 Å². The van der Waals surface area contributed by atoms with E-state index in [2.05, 4.69) is 15.1 Å². The van der Waals surface area contributed by atoms with E-state index >= 15 is 0 Å². The fraction of sp³-hybridized carbons (Fsp3) is 0.154. The van der Waals surface area contributed by atoms with Crippen LogP contribution in [0.4, 0.5) is 0 Å². The Labute approximate surface area is 108 Å². The maximum atomic E-state index is 10.9. The van der Waals surface area contributed by atoms with Gasteiger partial charge in [0.2, 0.25) is 0 Å². The van der Waals surface area contributed by atoms with Gasteiger partial charge in [-0.25, -0.2) is 9.78 Å². The summed E-state index contributed by atoms with van der Waals surface area (Å²) in [4.78, 5) is 18.5. The Morgan fingerprint density at radius 3 is 3.00 bits per heavy atom. The average molecular weight is 256 g/mol. The molecule has 0 fully saturated rings. The number of fused-ring (bicyclic) bond motifs is 1. The molecule has 0 spiro atoms. The van der Waals surface area contributed by atoms with Crippen LogP contribution >= 0.6 is 0 Å². The van der Waals surface area contributed by atoms with Crippen molar-refractivity contribution in [3.63, 3.8) is 0 Å². The molecule has 1 unspecified atom stereocenters. The highest BCUT2D eigenvalue weighted by molar-refractivity contribution is 5.92. The topological polar surface area (TPSA) is 83.8 Å². The number of nitrogens with zero attached hydrogens (tertiary/aromatic N) is 3. The summed E-state index contributed by atoms with van der Waals surface area (Å²) in [5, 5.41) is 13.1. The zero-order chi connectivity index (χ0) is 13.4. The number of H-pyrrole nitrogens is 1. The van der Waals surface area contributed by atoms with Crippen LogP contribution in [0.3, 0.4) is 0 Å². The van der Waals surface area contributed by atoms with Crippen LogP contribution in [0.1, 0.15) is 29.1 Å². The largest absolute Gasteiger partial charge is 0.478 e. The Morgan fingerprint density at radius 2 is 2.32 bits per heavy atom. The second kappa shape index (κ2) is 4.24. The molecule has 0 aliphatic heterocycles. The molecular formula is C13H12N4O2. The smallest absolute Gasteiger partial charge is 0.335 e. The number of aromatic carboxylic acids is 1. The molecule has 6 nitrogen and oxygen atoms in total. The molecule has 0 saturated heterocycles. The molecule has 2 heterocycles. The number of aromatic amines is 1. The Bertz CT molecular complexity index is 730. The van der Waals surface area contributed by atoms with Gasteiger partial charge in [-0.2, -0.15) is 5.10 Å². The Morgan fingerprint density at radius 1 is 1.47 bits per heavy atom. The maximum Gasteiger partial charge on any atom is 0.335 e. The second-order valence-corrected chi connectivity index (χ2v) is 4.32. The van der Waals surface area contributed by atoms with Gasteiger partial charge in [-0.05, 0) is 31.2 Å². The summed E-state index contributed by atoms with van der Waals surface area (Å²) in [5.41, 5.74) is 1.71. The van der Waals surface area contributed by atoms with Gasteiger partial charge in [-0.3, -0.25) is 4.68 Å². The molecule has 2 aromatic heterocycles. The van der Waals surface area contributed by atoms with Crippen molar-refractivity contribution in [2.45, 2.75) is 13.0 Å².